The van der Waals surface area contributed by atoms with Crippen molar-refractivity contribution in [1.82, 2.24) is 4.98 Å². The van der Waals surface area contributed by atoms with Crippen LogP contribution in [0.1, 0.15) is 11.7 Å². The molecule has 0 aliphatic heterocycles. The number of hydrogen-bond acceptors (Lipinski definition) is 3. The van der Waals surface area contributed by atoms with E-state index in [9.17, 15) is 5.11 Å². The number of aromatic nitrogens is 1. The highest BCUT2D eigenvalue weighted by molar-refractivity contribution is 5.11. The van der Waals surface area contributed by atoms with Crippen molar-refractivity contribution in [3.05, 3.63) is 40.5 Å². The zero-order valence-electron chi connectivity index (χ0n) is 6.33. The van der Waals surface area contributed by atoms with Gasteiger partial charge < -0.3 is 5.11 Å². The predicted molar refractivity (Wildman–Crippen MR) is 43.2 cm³/mol. The van der Waals surface area contributed by atoms with Crippen molar-refractivity contribution >= 4 is 0 Å². The Morgan fingerprint density at radius 2 is 2.58 bits per heavy atom. The van der Waals surface area contributed by atoms with Crippen LogP contribution in [-0.2, 0) is 0 Å². The molecule has 1 aromatic heterocycles. The number of rotatable bonds is 3. The van der Waals surface area contributed by atoms with E-state index in [2.05, 4.69) is 15.0 Å². The highest BCUT2D eigenvalue weighted by Crippen LogP contribution is 2.10. The van der Waals surface area contributed by atoms with E-state index in [-0.39, 0.29) is 6.54 Å². The molecule has 5 heteroatoms. The van der Waals surface area contributed by atoms with Crippen LogP contribution in [0.5, 0.6) is 0 Å². The molecule has 1 rings (SSSR count). The number of hydrogen-bond donors (Lipinski definition) is 1. The van der Waals surface area contributed by atoms with Crippen LogP contribution in [0, 0.1) is 0 Å². The lowest BCUT2D eigenvalue weighted by atomic mass is 10.2. The molecule has 0 saturated carbocycles. The summed E-state index contributed by atoms with van der Waals surface area (Å²) in [6, 6.07) is 3.44. The van der Waals surface area contributed by atoms with Crippen LogP contribution in [0.2, 0.25) is 0 Å². The first-order valence-corrected chi connectivity index (χ1v) is 3.43. The molecule has 1 N–H and O–H groups in total. The quantitative estimate of drug-likeness (QED) is 0.416. The van der Waals surface area contributed by atoms with Crippen molar-refractivity contribution in [2.24, 2.45) is 5.11 Å². The van der Waals surface area contributed by atoms with Crippen LogP contribution in [0.25, 0.3) is 10.4 Å². The highest BCUT2D eigenvalue weighted by Gasteiger charge is 2.04. The van der Waals surface area contributed by atoms with Crippen molar-refractivity contribution in [2.45, 2.75) is 6.10 Å². The molecule has 0 aromatic carbocycles. The van der Waals surface area contributed by atoms with Crippen LogP contribution in [-0.4, -0.2) is 16.6 Å². The average Bonchev–Trinajstić information content (AvgIpc) is 2.15. The number of aliphatic hydroxyl groups excluding tert-OH is 1. The molecule has 0 fully saturated rings. The van der Waals surface area contributed by atoms with Gasteiger partial charge >= 0.3 is 0 Å². The lowest BCUT2D eigenvalue weighted by molar-refractivity contribution is 0.186. The number of azide groups is 1. The lowest BCUT2D eigenvalue weighted by Crippen LogP contribution is -2.00. The zero-order valence-corrected chi connectivity index (χ0v) is 6.33. The van der Waals surface area contributed by atoms with Gasteiger partial charge in [0.2, 0.25) is 0 Å². The summed E-state index contributed by atoms with van der Waals surface area (Å²) < 4.78 is 0. The monoisotopic (exact) mass is 164 g/mol. The largest absolute Gasteiger partial charge is 0.388 e. The third-order valence-corrected chi connectivity index (χ3v) is 1.39. The molecule has 0 bridgehead atoms. The Balaban J connectivity index is 2.65. The van der Waals surface area contributed by atoms with E-state index in [4.69, 9.17) is 5.53 Å². The fraction of sp³-hybridized carbons (Fsp3) is 0.286. The molecule has 1 atom stereocenters. The van der Waals surface area contributed by atoms with E-state index >= 15 is 0 Å². The molecule has 12 heavy (non-hydrogen) atoms. The van der Waals surface area contributed by atoms with Crippen molar-refractivity contribution in [2.75, 3.05) is 6.54 Å². The molecule has 0 saturated heterocycles. The first kappa shape index (κ1) is 8.52. The van der Waals surface area contributed by atoms with E-state index in [1.54, 1.807) is 18.3 Å². The summed E-state index contributed by atoms with van der Waals surface area (Å²) in [6.45, 7) is 0.0438. The van der Waals surface area contributed by atoms with E-state index in [1.807, 2.05) is 0 Å². The summed E-state index contributed by atoms with van der Waals surface area (Å²) >= 11 is 0. The van der Waals surface area contributed by atoms with Gasteiger partial charge in [0.05, 0.1) is 12.6 Å². The summed E-state index contributed by atoms with van der Waals surface area (Å²) in [5, 5.41) is 12.6. The minimum absolute atomic E-state index is 0.0438. The van der Waals surface area contributed by atoms with Gasteiger partial charge in [-0.15, -0.1) is 0 Å². The van der Waals surface area contributed by atoms with Crippen molar-refractivity contribution in [3.8, 4) is 0 Å². The zero-order chi connectivity index (χ0) is 8.81. The fourth-order valence-corrected chi connectivity index (χ4v) is 0.792. The molecule has 1 aromatic rings. The predicted octanol–water partition coefficient (Wildman–Crippen LogP) is 1.43. The molecule has 0 amide bonds. The fourth-order valence-electron chi connectivity index (χ4n) is 0.792. The summed E-state index contributed by atoms with van der Waals surface area (Å²) in [4.78, 5) is 6.36. The minimum atomic E-state index is -0.755. The maximum atomic E-state index is 9.35. The standard InChI is InChI=1S/C7H8N4O/c8-11-10-5-7(12)6-2-1-3-9-4-6/h1-4,7,12H,5H2/t7-/m1/s1. The average molecular weight is 164 g/mol. The molecule has 62 valence electrons. The van der Waals surface area contributed by atoms with Crippen LogP contribution < -0.4 is 0 Å². The molecule has 5 nitrogen and oxygen atoms in total. The SMILES string of the molecule is [N-]=[N+]=NC[C@@H](O)c1cccnc1. The van der Waals surface area contributed by atoms with E-state index in [1.165, 1.54) is 6.20 Å². The Morgan fingerprint density at radius 1 is 1.75 bits per heavy atom. The normalized spacial score (nSPS) is 11.8. The molecule has 0 aliphatic carbocycles. The van der Waals surface area contributed by atoms with Gasteiger partial charge in [0.1, 0.15) is 0 Å². The van der Waals surface area contributed by atoms with Crippen LogP contribution in [0.15, 0.2) is 29.6 Å². The van der Waals surface area contributed by atoms with E-state index < -0.39 is 6.10 Å². The molecule has 0 aliphatic rings. The summed E-state index contributed by atoms with van der Waals surface area (Å²) in [5.74, 6) is 0. The van der Waals surface area contributed by atoms with Gasteiger partial charge in [-0.1, -0.05) is 11.2 Å². The first-order valence-electron chi connectivity index (χ1n) is 3.43. The van der Waals surface area contributed by atoms with Gasteiger partial charge in [0.25, 0.3) is 0 Å². The van der Waals surface area contributed by atoms with E-state index in [0.29, 0.717) is 5.56 Å². The molecule has 0 unspecified atom stereocenters. The van der Waals surface area contributed by atoms with Crippen molar-refractivity contribution in [1.29, 1.82) is 0 Å². The second-order valence-electron chi connectivity index (χ2n) is 2.22. The number of nitrogens with zero attached hydrogens (tertiary/aromatic N) is 4. The van der Waals surface area contributed by atoms with Gasteiger partial charge in [-0.3, -0.25) is 4.98 Å². The molecular weight excluding hydrogens is 156 g/mol. The van der Waals surface area contributed by atoms with Gasteiger partial charge in [-0.05, 0) is 17.2 Å². The maximum absolute atomic E-state index is 9.35. The maximum Gasteiger partial charge on any atom is 0.0861 e. The molecule has 1 heterocycles. The van der Waals surface area contributed by atoms with Crippen molar-refractivity contribution < 1.29 is 5.11 Å². The Hall–Kier alpha value is -1.58. The minimum Gasteiger partial charge on any atom is -0.388 e. The topological polar surface area (TPSA) is 81.9 Å². The molecule has 0 radical (unpaired) electrons. The third-order valence-electron chi connectivity index (χ3n) is 1.39. The van der Waals surface area contributed by atoms with Gasteiger partial charge in [-0.25, -0.2) is 0 Å². The molecular formula is C7H8N4O. The second-order valence-corrected chi connectivity index (χ2v) is 2.22. The second kappa shape index (κ2) is 4.33. The van der Waals surface area contributed by atoms with Crippen LogP contribution >= 0.6 is 0 Å². The summed E-state index contributed by atoms with van der Waals surface area (Å²) in [7, 11) is 0. The third kappa shape index (κ3) is 2.23. The summed E-state index contributed by atoms with van der Waals surface area (Å²) in [5.41, 5.74) is 8.65. The smallest absolute Gasteiger partial charge is 0.0861 e. The first-order chi connectivity index (χ1) is 5.84. The van der Waals surface area contributed by atoms with Gasteiger partial charge in [0.15, 0.2) is 0 Å². The Kier molecular flexibility index (Phi) is 3.07. The summed E-state index contributed by atoms with van der Waals surface area (Å²) in [6.07, 6.45) is 2.40. The van der Waals surface area contributed by atoms with Crippen LogP contribution in [0.3, 0.4) is 0 Å². The highest BCUT2D eigenvalue weighted by atomic mass is 16.3. The Bertz CT molecular complexity index is 281. The Labute approximate surface area is 69.3 Å². The number of aliphatic hydroxyl groups is 1. The van der Waals surface area contributed by atoms with Crippen LogP contribution in [0.4, 0.5) is 0 Å². The van der Waals surface area contributed by atoms with Gasteiger partial charge in [0, 0.05) is 17.3 Å². The number of pyridine rings is 1. The van der Waals surface area contributed by atoms with Crippen molar-refractivity contribution in [3.63, 3.8) is 0 Å². The van der Waals surface area contributed by atoms with E-state index in [0.717, 1.165) is 0 Å². The lowest BCUT2D eigenvalue weighted by Gasteiger charge is -2.04. The Morgan fingerprint density at radius 3 is 3.17 bits per heavy atom. The van der Waals surface area contributed by atoms with Gasteiger partial charge in [-0.2, -0.15) is 0 Å². The molecule has 0 spiro atoms.